The number of halogens is 2. The number of aromatic nitrogens is 3. The maximum atomic E-state index is 6.19. The number of rotatable bonds is 1. The first kappa shape index (κ1) is 11.5. The van der Waals surface area contributed by atoms with Gasteiger partial charge in [-0.3, -0.25) is 0 Å². The molecule has 3 aromatic heterocycles. The van der Waals surface area contributed by atoms with Crippen LogP contribution in [0.15, 0.2) is 17.4 Å². The average Bonchev–Trinajstić information content (AvgIpc) is 2.69. The largest absolute Gasteiger partial charge is 0.243 e. The van der Waals surface area contributed by atoms with Crippen molar-refractivity contribution >= 4 is 66.6 Å². The van der Waals surface area contributed by atoms with E-state index in [1.807, 2.05) is 12.3 Å². The van der Waals surface area contributed by atoms with Crippen LogP contribution in [0.4, 0.5) is 0 Å². The van der Waals surface area contributed by atoms with E-state index in [1.54, 1.807) is 6.20 Å². The molecule has 0 unspecified atom stereocenters. The van der Waals surface area contributed by atoms with Gasteiger partial charge in [0, 0.05) is 11.6 Å². The van der Waals surface area contributed by atoms with E-state index in [0.29, 0.717) is 15.5 Å². The normalized spacial score (nSPS) is 11.5. The van der Waals surface area contributed by atoms with Crippen LogP contribution in [0.5, 0.6) is 0 Å². The molecule has 0 atom stereocenters. The summed E-state index contributed by atoms with van der Waals surface area (Å²) < 4.78 is 0.901. The lowest BCUT2D eigenvalue weighted by atomic mass is 10.2. The number of thioether (sulfide) groups is 1. The first-order valence-electron chi connectivity index (χ1n) is 4.65. The lowest BCUT2D eigenvalue weighted by Gasteiger charge is -1.97. The van der Waals surface area contributed by atoms with Crippen molar-refractivity contribution in [2.75, 3.05) is 6.26 Å². The average molecular weight is 302 g/mol. The van der Waals surface area contributed by atoms with Crippen LogP contribution in [0.2, 0.25) is 10.3 Å². The Balaban J connectivity index is 2.51. The van der Waals surface area contributed by atoms with Crippen LogP contribution in [0, 0.1) is 0 Å². The Morgan fingerprint density at radius 2 is 2.06 bits per heavy atom. The monoisotopic (exact) mass is 301 g/mol. The topological polar surface area (TPSA) is 38.7 Å². The minimum absolute atomic E-state index is 0.466. The first-order chi connectivity index (χ1) is 8.20. The number of fused-ring (bicyclic) bond motifs is 3. The van der Waals surface area contributed by atoms with Gasteiger partial charge in [-0.15, -0.1) is 11.3 Å². The molecule has 0 saturated carbocycles. The van der Waals surface area contributed by atoms with Gasteiger partial charge in [-0.05, 0) is 12.3 Å². The van der Waals surface area contributed by atoms with E-state index < -0.39 is 0 Å². The molecular formula is C10H5Cl2N3S2. The van der Waals surface area contributed by atoms with Crippen LogP contribution < -0.4 is 0 Å². The highest BCUT2D eigenvalue weighted by atomic mass is 35.5. The van der Waals surface area contributed by atoms with Crippen LogP contribution in [0.3, 0.4) is 0 Å². The van der Waals surface area contributed by atoms with Gasteiger partial charge in [0.05, 0.1) is 10.1 Å². The van der Waals surface area contributed by atoms with Crippen molar-refractivity contribution in [2.24, 2.45) is 0 Å². The van der Waals surface area contributed by atoms with Crippen LogP contribution >= 0.6 is 46.3 Å². The van der Waals surface area contributed by atoms with Gasteiger partial charge in [0.25, 0.3) is 0 Å². The number of nitrogens with zero attached hydrogens (tertiary/aromatic N) is 3. The molecule has 86 valence electrons. The molecule has 0 spiro atoms. The smallest absolute Gasteiger partial charge is 0.190 e. The molecular weight excluding hydrogens is 297 g/mol. The second-order valence-corrected chi connectivity index (χ2v) is 5.75. The maximum absolute atomic E-state index is 6.19. The van der Waals surface area contributed by atoms with Crippen molar-refractivity contribution < 1.29 is 0 Å². The number of thiophene rings is 1. The summed E-state index contributed by atoms with van der Waals surface area (Å²) in [6, 6.07) is 1.88. The fraction of sp³-hybridized carbons (Fsp3) is 0.100. The van der Waals surface area contributed by atoms with Crippen molar-refractivity contribution in [1.82, 2.24) is 15.0 Å². The van der Waals surface area contributed by atoms with E-state index in [4.69, 9.17) is 23.2 Å². The summed E-state index contributed by atoms with van der Waals surface area (Å²) in [5.41, 5.74) is 0. The van der Waals surface area contributed by atoms with Gasteiger partial charge in [-0.1, -0.05) is 35.0 Å². The van der Waals surface area contributed by atoms with Crippen LogP contribution in [-0.2, 0) is 0 Å². The molecule has 7 heteroatoms. The van der Waals surface area contributed by atoms with Gasteiger partial charge in [-0.2, -0.15) is 0 Å². The Morgan fingerprint density at radius 3 is 2.82 bits per heavy atom. The van der Waals surface area contributed by atoms with Crippen molar-refractivity contribution in [2.45, 2.75) is 5.16 Å². The number of pyridine rings is 1. The Bertz CT molecular complexity index is 726. The molecule has 3 rings (SSSR count). The molecule has 0 aliphatic carbocycles. The Hall–Kier alpha value is -0.620. The fourth-order valence-corrected chi connectivity index (χ4v) is 3.73. The fourth-order valence-electron chi connectivity index (χ4n) is 1.60. The summed E-state index contributed by atoms with van der Waals surface area (Å²) in [6.07, 6.45) is 3.58. The lowest BCUT2D eigenvalue weighted by Crippen LogP contribution is -1.85. The predicted molar refractivity (Wildman–Crippen MR) is 74.5 cm³/mol. The van der Waals surface area contributed by atoms with E-state index in [2.05, 4.69) is 15.0 Å². The molecule has 0 radical (unpaired) electrons. The van der Waals surface area contributed by atoms with Gasteiger partial charge in [0.15, 0.2) is 5.16 Å². The third-order valence-electron chi connectivity index (χ3n) is 2.32. The van der Waals surface area contributed by atoms with E-state index >= 15 is 0 Å². The van der Waals surface area contributed by atoms with Gasteiger partial charge in [0.1, 0.15) is 15.1 Å². The van der Waals surface area contributed by atoms with E-state index in [9.17, 15) is 0 Å². The highest BCUT2D eigenvalue weighted by Gasteiger charge is 2.14. The van der Waals surface area contributed by atoms with Gasteiger partial charge in [-0.25, -0.2) is 15.0 Å². The molecule has 0 bridgehead atoms. The quantitative estimate of drug-likeness (QED) is 0.291. The van der Waals surface area contributed by atoms with Gasteiger partial charge in [0.2, 0.25) is 0 Å². The molecule has 0 aliphatic heterocycles. The van der Waals surface area contributed by atoms with Crippen molar-refractivity contribution in [3.05, 3.63) is 22.6 Å². The highest BCUT2D eigenvalue weighted by molar-refractivity contribution is 7.98. The van der Waals surface area contributed by atoms with Crippen LogP contribution in [-0.4, -0.2) is 21.2 Å². The lowest BCUT2D eigenvalue weighted by molar-refractivity contribution is 1.02. The van der Waals surface area contributed by atoms with Gasteiger partial charge >= 0.3 is 0 Å². The van der Waals surface area contributed by atoms with Crippen LogP contribution in [0.25, 0.3) is 20.3 Å². The molecule has 3 heterocycles. The summed E-state index contributed by atoms with van der Waals surface area (Å²) in [7, 11) is 0. The molecule has 3 aromatic rings. The molecule has 0 aliphatic rings. The molecule has 3 nitrogen and oxygen atoms in total. The molecule has 0 N–H and O–H groups in total. The summed E-state index contributed by atoms with van der Waals surface area (Å²) in [4.78, 5) is 13.6. The van der Waals surface area contributed by atoms with Crippen molar-refractivity contribution in [1.29, 1.82) is 0 Å². The third-order valence-corrected chi connectivity index (χ3v) is 4.65. The molecule has 0 saturated heterocycles. The van der Waals surface area contributed by atoms with Gasteiger partial charge < -0.3 is 0 Å². The van der Waals surface area contributed by atoms with Crippen molar-refractivity contribution in [3.63, 3.8) is 0 Å². The van der Waals surface area contributed by atoms with E-state index in [0.717, 1.165) is 20.3 Å². The van der Waals surface area contributed by atoms with E-state index in [-0.39, 0.29) is 0 Å². The van der Waals surface area contributed by atoms with Crippen LogP contribution in [0.1, 0.15) is 0 Å². The standard InChI is InChI=1S/C10H5Cl2N3S2/c1-16-10-14-7(11)5-4-2-3-13-8(12)6(4)17-9(5)15-10/h2-3H,1H3. The SMILES string of the molecule is CSc1nc(Cl)c2c(n1)sc1c(Cl)nccc12. The predicted octanol–water partition coefficient (Wildman–Crippen LogP) is 4.27. The Morgan fingerprint density at radius 1 is 1.24 bits per heavy atom. The zero-order valence-corrected chi connectivity index (χ0v) is 11.7. The highest BCUT2D eigenvalue weighted by Crippen LogP contribution is 2.39. The molecule has 0 amide bonds. The maximum Gasteiger partial charge on any atom is 0.190 e. The second-order valence-electron chi connectivity index (χ2n) is 3.26. The zero-order chi connectivity index (χ0) is 12.0. The summed E-state index contributed by atoms with van der Waals surface area (Å²) >= 11 is 15.2. The molecule has 0 fully saturated rings. The summed E-state index contributed by atoms with van der Waals surface area (Å²) in [6.45, 7) is 0. The first-order valence-corrected chi connectivity index (χ1v) is 7.44. The second kappa shape index (κ2) is 4.24. The number of hydrogen-bond donors (Lipinski definition) is 0. The Kier molecular flexibility index (Phi) is 2.86. The third kappa shape index (κ3) is 1.78. The molecule has 0 aromatic carbocycles. The summed E-state index contributed by atoms with van der Waals surface area (Å²) in [5.74, 6) is 0. The molecule has 17 heavy (non-hydrogen) atoms. The summed E-state index contributed by atoms with van der Waals surface area (Å²) in [5, 5.41) is 3.43. The zero-order valence-electron chi connectivity index (χ0n) is 8.57. The van der Waals surface area contributed by atoms with Crippen molar-refractivity contribution in [3.8, 4) is 0 Å². The van der Waals surface area contributed by atoms with E-state index in [1.165, 1.54) is 23.1 Å². The Labute approximate surface area is 115 Å². The minimum Gasteiger partial charge on any atom is -0.243 e. The minimum atomic E-state index is 0.466. The number of hydrogen-bond acceptors (Lipinski definition) is 5.